The number of carbonyl (C=O) groups is 1. The van der Waals surface area contributed by atoms with E-state index in [0.717, 1.165) is 6.42 Å². The predicted octanol–water partition coefficient (Wildman–Crippen LogP) is 7.81. The fourth-order valence-electron chi connectivity index (χ4n) is 3.58. The van der Waals surface area contributed by atoms with Gasteiger partial charge in [-0.2, -0.15) is 0 Å². The van der Waals surface area contributed by atoms with Gasteiger partial charge in [-0.25, -0.2) is 0 Å². The standard InChI is InChI=1S/C26H43NO2/c1-3-4-5-6-7-8-9-10-11-12-13-14-15-16-17-20-23-27-26(28)24-21-18-19-22-25(24)29-2/h18-23H,3-17H2,1-2H3,(H,27,28). The topological polar surface area (TPSA) is 38.3 Å². The summed E-state index contributed by atoms with van der Waals surface area (Å²) in [6.07, 6.45) is 24.1. The second kappa shape index (κ2) is 18.3. The van der Waals surface area contributed by atoms with Gasteiger partial charge in [-0.05, 0) is 25.0 Å². The lowest BCUT2D eigenvalue weighted by atomic mass is 10.0. The van der Waals surface area contributed by atoms with Crippen molar-refractivity contribution < 1.29 is 9.53 Å². The largest absolute Gasteiger partial charge is 0.496 e. The van der Waals surface area contributed by atoms with E-state index in [2.05, 4.69) is 12.2 Å². The minimum atomic E-state index is -0.125. The van der Waals surface area contributed by atoms with Gasteiger partial charge >= 0.3 is 0 Å². The van der Waals surface area contributed by atoms with Gasteiger partial charge in [-0.3, -0.25) is 4.79 Å². The summed E-state index contributed by atoms with van der Waals surface area (Å²) in [6, 6.07) is 7.28. The first-order valence-electron chi connectivity index (χ1n) is 11.9. The molecule has 0 aliphatic heterocycles. The molecule has 0 unspecified atom stereocenters. The molecular weight excluding hydrogens is 358 g/mol. The summed E-state index contributed by atoms with van der Waals surface area (Å²) < 4.78 is 5.22. The molecule has 0 saturated heterocycles. The number of rotatable bonds is 18. The predicted molar refractivity (Wildman–Crippen MR) is 125 cm³/mol. The van der Waals surface area contributed by atoms with E-state index < -0.39 is 0 Å². The first-order chi connectivity index (χ1) is 14.3. The van der Waals surface area contributed by atoms with E-state index in [0.29, 0.717) is 11.3 Å². The van der Waals surface area contributed by atoms with Crippen molar-refractivity contribution >= 4 is 5.91 Å². The molecule has 0 heterocycles. The summed E-state index contributed by atoms with van der Waals surface area (Å²) in [6.45, 7) is 2.28. The second-order valence-corrected chi connectivity index (χ2v) is 7.96. The van der Waals surface area contributed by atoms with Crippen LogP contribution in [0.25, 0.3) is 0 Å². The van der Waals surface area contributed by atoms with Crippen molar-refractivity contribution in [1.82, 2.24) is 5.32 Å². The van der Waals surface area contributed by atoms with E-state index in [4.69, 9.17) is 4.74 Å². The highest BCUT2D eigenvalue weighted by molar-refractivity contribution is 5.97. The summed E-state index contributed by atoms with van der Waals surface area (Å²) >= 11 is 0. The Labute approximate surface area is 179 Å². The molecule has 0 spiro atoms. The van der Waals surface area contributed by atoms with E-state index in [1.807, 2.05) is 18.2 Å². The van der Waals surface area contributed by atoms with Gasteiger partial charge in [0.25, 0.3) is 5.91 Å². The fraction of sp³-hybridized carbons (Fsp3) is 0.654. The number of ether oxygens (including phenoxy) is 1. The highest BCUT2D eigenvalue weighted by Gasteiger charge is 2.09. The number of amides is 1. The number of methoxy groups -OCH3 is 1. The highest BCUT2D eigenvalue weighted by atomic mass is 16.5. The molecule has 1 amide bonds. The molecule has 0 aromatic heterocycles. The maximum atomic E-state index is 12.1. The monoisotopic (exact) mass is 401 g/mol. The van der Waals surface area contributed by atoms with Crippen LogP contribution in [0, 0.1) is 0 Å². The first-order valence-corrected chi connectivity index (χ1v) is 11.9. The summed E-state index contributed by atoms with van der Waals surface area (Å²) in [5, 5.41) is 2.82. The molecule has 1 rings (SSSR count). The molecule has 0 radical (unpaired) electrons. The molecule has 1 aromatic rings. The average Bonchev–Trinajstić information content (AvgIpc) is 2.75. The summed E-state index contributed by atoms with van der Waals surface area (Å²) in [5.41, 5.74) is 0.566. The molecule has 0 aliphatic carbocycles. The van der Waals surface area contributed by atoms with Crippen molar-refractivity contribution in [3.05, 3.63) is 42.1 Å². The van der Waals surface area contributed by atoms with Crippen LogP contribution in [0.5, 0.6) is 5.75 Å². The van der Waals surface area contributed by atoms with Crippen LogP contribution in [0.4, 0.5) is 0 Å². The van der Waals surface area contributed by atoms with E-state index in [1.54, 1.807) is 25.4 Å². The molecule has 0 atom stereocenters. The Bertz CT molecular complexity index is 553. The Balaban J connectivity index is 1.90. The van der Waals surface area contributed by atoms with Crippen LogP contribution in [-0.4, -0.2) is 13.0 Å². The van der Waals surface area contributed by atoms with Gasteiger partial charge in [0.15, 0.2) is 0 Å². The Morgan fingerprint density at radius 1 is 0.828 bits per heavy atom. The lowest BCUT2D eigenvalue weighted by molar-refractivity contribution is 0.0967. The molecule has 164 valence electrons. The van der Waals surface area contributed by atoms with Gasteiger partial charge in [0.1, 0.15) is 5.75 Å². The number of para-hydroxylation sites is 1. The van der Waals surface area contributed by atoms with Gasteiger partial charge in [-0.1, -0.05) is 109 Å². The van der Waals surface area contributed by atoms with Crippen molar-refractivity contribution in [3.63, 3.8) is 0 Å². The molecule has 0 fully saturated rings. The zero-order valence-electron chi connectivity index (χ0n) is 18.9. The van der Waals surface area contributed by atoms with Crippen LogP contribution in [0.3, 0.4) is 0 Å². The molecule has 29 heavy (non-hydrogen) atoms. The van der Waals surface area contributed by atoms with E-state index in [-0.39, 0.29) is 5.91 Å². The normalized spacial score (nSPS) is 11.1. The summed E-state index contributed by atoms with van der Waals surface area (Å²) in [7, 11) is 1.58. The molecular formula is C26H43NO2. The number of carbonyl (C=O) groups excluding carboxylic acids is 1. The number of unbranched alkanes of at least 4 members (excludes halogenated alkanes) is 14. The zero-order chi connectivity index (χ0) is 21.0. The third-order valence-electron chi connectivity index (χ3n) is 5.41. The van der Waals surface area contributed by atoms with Crippen molar-refractivity contribution in [2.75, 3.05) is 7.11 Å². The first kappa shape index (κ1) is 25.3. The minimum absolute atomic E-state index is 0.125. The van der Waals surface area contributed by atoms with Gasteiger partial charge in [0, 0.05) is 6.20 Å². The quantitative estimate of drug-likeness (QED) is 0.255. The molecule has 0 saturated carbocycles. The number of nitrogens with one attached hydrogen (secondary N) is 1. The van der Waals surface area contributed by atoms with Crippen molar-refractivity contribution in [1.29, 1.82) is 0 Å². The maximum absolute atomic E-state index is 12.1. The van der Waals surface area contributed by atoms with E-state index >= 15 is 0 Å². The Morgan fingerprint density at radius 3 is 1.90 bits per heavy atom. The lowest BCUT2D eigenvalue weighted by Gasteiger charge is -2.06. The van der Waals surface area contributed by atoms with Crippen LogP contribution < -0.4 is 10.1 Å². The maximum Gasteiger partial charge on any atom is 0.258 e. The van der Waals surface area contributed by atoms with Crippen molar-refractivity contribution in [3.8, 4) is 5.75 Å². The Morgan fingerprint density at radius 2 is 1.34 bits per heavy atom. The number of allylic oxidation sites excluding steroid dienone is 1. The molecule has 3 heteroatoms. The third-order valence-corrected chi connectivity index (χ3v) is 5.41. The Hall–Kier alpha value is -1.77. The van der Waals surface area contributed by atoms with Crippen LogP contribution in [-0.2, 0) is 0 Å². The summed E-state index contributed by atoms with van der Waals surface area (Å²) in [4.78, 5) is 12.1. The van der Waals surface area contributed by atoms with Gasteiger partial charge in [0.2, 0.25) is 0 Å². The molecule has 0 aliphatic rings. The van der Waals surface area contributed by atoms with Crippen LogP contribution >= 0.6 is 0 Å². The van der Waals surface area contributed by atoms with Gasteiger partial charge in [0.05, 0.1) is 12.7 Å². The van der Waals surface area contributed by atoms with Crippen LogP contribution in [0.2, 0.25) is 0 Å². The molecule has 1 N–H and O–H groups in total. The van der Waals surface area contributed by atoms with Crippen LogP contribution in [0.1, 0.15) is 114 Å². The van der Waals surface area contributed by atoms with Crippen LogP contribution in [0.15, 0.2) is 36.5 Å². The van der Waals surface area contributed by atoms with Crippen molar-refractivity contribution in [2.24, 2.45) is 0 Å². The molecule has 1 aromatic carbocycles. The number of hydrogen-bond acceptors (Lipinski definition) is 2. The Kier molecular flexibility index (Phi) is 15.9. The number of benzene rings is 1. The van der Waals surface area contributed by atoms with Crippen molar-refractivity contribution in [2.45, 2.75) is 103 Å². The molecule has 0 bridgehead atoms. The van der Waals surface area contributed by atoms with Gasteiger partial charge < -0.3 is 10.1 Å². The van der Waals surface area contributed by atoms with E-state index in [1.165, 1.54) is 89.9 Å². The van der Waals surface area contributed by atoms with E-state index in [9.17, 15) is 4.79 Å². The second-order valence-electron chi connectivity index (χ2n) is 7.96. The molecule has 3 nitrogen and oxygen atoms in total. The third kappa shape index (κ3) is 13.1. The average molecular weight is 402 g/mol. The SMILES string of the molecule is CCCCCCCCCCCCCCCCC=CNC(=O)c1ccccc1OC. The highest BCUT2D eigenvalue weighted by Crippen LogP contribution is 2.17. The lowest BCUT2D eigenvalue weighted by Crippen LogP contribution is -2.17. The van der Waals surface area contributed by atoms with Gasteiger partial charge in [-0.15, -0.1) is 0 Å². The number of hydrogen-bond donors (Lipinski definition) is 1. The summed E-state index contributed by atoms with van der Waals surface area (Å²) in [5.74, 6) is 0.477. The fourth-order valence-corrected chi connectivity index (χ4v) is 3.58. The zero-order valence-corrected chi connectivity index (χ0v) is 18.9. The smallest absolute Gasteiger partial charge is 0.258 e. The minimum Gasteiger partial charge on any atom is -0.496 e.